The zero-order valence-electron chi connectivity index (χ0n) is 16.2. The van der Waals surface area contributed by atoms with E-state index in [9.17, 15) is 0 Å². The van der Waals surface area contributed by atoms with Gasteiger partial charge in [0.05, 0.1) is 0 Å². The van der Waals surface area contributed by atoms with E-state index in [1.807, 2.05) is 0 Å². The molecule has 0 aliphatic heterocycles. The average Bonchev–Trinajstić information content (AvgIpc) is 2.89. The molecule has 0 amide bonds. The standard InChI is InChI=1S/C25H27N/c1-5-26-15-14-17(2)19-10-12-21-23(16-19)25(3,4)22-13-11-18-8-6-7-9-20(18)24(21)22/h6-14,16,26H,5,15H2,1-4H3/b17-14-. The first-order valence-corrected chi connectivity index (χ1v) is 9.59. The lowest BCUT2D eigenvalue weighted by Crippen LogP contribution is -2.15. The molecule has 0 heterocycles. The van der Waals surface area contributed by atoms with Gasteiger partial charge in [-0.1, -0.05) is 75.4 Å². The summed E-state index contributed by atoms with van der Waals surface area (Å²) in [5.41, 5.74) is 8.40. The number of hydrogen-bond acceptors (Lipinski definition) is 1. The van der Waals surface area contributed by atoms with Crippen LogP contribution in [0.15, 0.2) is 60.7 Å². The molecule has 132 valence electrons. The van der Waals surface area contributed by atoms with Crippen molar-refractivity contribution in [1.29, 1.82) is 0 Å². The van der Waals surface area contributed by atoms with Crippen LogP contribution in [0, 0.1) is 0 Å². The minimum atomic E-state index is 0.0344. The summed E-state index contributed by atoms with van der Waals surface area (Å²) >= 11 is 0. The Balaban J connectivity index is 1.87. The highest BCUT2D eigenvalue weighted by Crippen LogP contribution is 2.51. The molecule has 3 aromatic carbocycles. The second-order valence-electron chi connectivity index (χ2n) is 7.79. The molecule has 0 saturated heterocycles. The molecule has 0 fully saturated rings. The fraction of sp³-hybridized carbons (Fsp3) is 0.280. The van der Waals surface area contributed by atoms with E-state index in [0.29, 0.717) is 0 Å². The van der Waals surface area contributed by atoms with E-state index in [2.05, 4.69) is 93.7 Å². The summed E-state index contributed by atoms with van der Waals surface area (Å²) in [6, 6.07) is 20.3. The average molecular weight is 341 g/mol. The Bertz CT molecular complexity index is 1010. The summed E-state index contributed by atoms with van der Waals surface area (Å²) in [7, 11) is 0. The van der Waals surface area contributed by atoms with Gasteiger partial charge in [-0.15, -0.1) is 0 Å². The maximum atomic E-state index is 3.38. The Hall–Kier alpha value is -2.38. The van der Waals surface area contributed by atoms with Crippen molar-refractivity contribution in [2.75, 3.05) is 13.1 Å². The molecular formula is C25H27N. The summed E-state index contributed by atoms with van der Waals surface area (Å²) in [5, 5.41) is 6.06. The van der Waals surface area contributed by atoms with Crippen molar-refractivity contribution < 1.29 is 0 Å². The first kappa shape index (κ1) is 17.1. The molecule has 0 spiro atoms. The van der Waals surface area contributed by atoms with Crippen molar-refractivity contribution in [2.45, 2.75) is 33.1 Å². The van der Waals surface area contributed by atoms with Crippen molar-refractivity contribution in [3.05, 3.63) is 77.4 Å². The summed E-state index contributed by atoms with van der Waals surface area (Å²) in [4.78, 5) is 0. The fourth-order valence-electron chi connectivity index (χ4n) is 4.24. The minimum absolute atomic E-state index is 0.0344. The molecule has 1 aliphatic rings. The quantitative estimate of drug-likeness (QED) is 0.560. The van der Waals surface area contributed by atoms with Gasteiger partial charge in [-0.2, -0.15) is 0 Å². The number of benzene rings is 3. The normalized spacial score (nSPS) is 15.2. The summed E-state index contributed by atoms with van der Waals surface area (Å²) in [6.45, 7) is 11.0. The minimum Gasteiger partial charge on any atom is -0.314 e. The highest BCUT2D eigenvalue weighted by atomic mass is 14.8. The van der Waals surface area contributed by atoms with Crippen LogP contribution in [0.4, 0.5) is 0 Å². The van der Waals surface area contributed by atoms with Crippen LogP contribution in [0.5, 0.6) is 0 Å². The molecule has 1 heteroatoms. The molecule has 0 radical (unpaired) electrons. The SMILES string of the molecule is CCNC/C=C(/C)c1ccc2c(c1)C(C)(C)c1ccc3ccccc3c1-2. The van der Waals surface area contributed by atoms with Crippen molar-refractivity contribution in [2.24, 2.45) is 0 Å². The van der Waals surface area contributed by atoms with Gasteiger partial charge in [-0.3, -0.25) is 0 Å². The van der Waals surface area contributed by atoms with E-state index < -0.39 is 0 Å². The first-order chi connectivity index (χ1) is 12.5. The molecule has 1 nitrogen and oxygen atoms in total. The Labute approximate surface area is 156 Å². The third-order valence-electron chi connectivity index (χ3n) is 5.82. The molecule has 26 heavy (non-hydrogen) atoms. The van der Waals surface area contributed by atoms with E-state index in [1.54, 1.807) is 0 Å². The fourth-order valence-corrected chi connectivity index (χ4v) is 4.24. The Morgan fingerprint density at radius 1 is 1.00 bits per heavy atom. The predicted octanol–water partition coefficient (Wildman–Crippen LogP) is 6.16. The van der Waals surface area contributed by atoms with Crippen molar-refractivity contribution in [1.82, 2.24) is 5.32 Å². The van der Waals surface area contributed by atoms with Gasteiger partial charge < -0.3 is 5.32 Å². The summed E-state index contributed by atoms with van der Waals surface area (Å²) in [6.07, 6.45) is 2.29. The lowest BCUT2D eigenvalue weighted by molar-refractivity contribution is 0.660. The second kappa shape index (κ2) is 6.41. The van der Waals surface area contributed by atoms with Crippen LogP contribution in [-0.2, 0) is 5.41 Å². The Morgan fingerprint density at radius 2 is 1.81 bits per heavy atom. The van der Waals surface area contributed by atoms with Gasteiger partial charge >= 0.3 is 0 Å². The number of likely N-dealkylation sites (N-methyl/N-ethyl adjacent to an activating group) is 1. The molecule has 0 atom stereocenters. The predicted molar refractivity (Wildman–Crippen MR) is 114 cm³/mol. The van der Waals surface area contributed by atoms with Crippen LogP contribution in [0.25, 0.3) is 27.5 Å². The lowest BCUT2D eigenvalue weighted by Gasteiger charge is -2.22. The van der Waals surface area contributed by atoms with E-state index in [0.717, 1.165) is 13.1 Å². The zero-order chi connectivity index (χ0) is 18.3. The number of nitrogens with one attached hydrogen (secondary N) is 1. The van der Waals surface area contributed by atoms with Gasteiger partial charge in [0.25, 0.3) is 0 Å². The first-order valence-electron chi connectivity index (χ1n) is 9.59. The highest BCUT2D eigenvalue weighted by Gasteiger charge is 2.36. The molecular weight excluding hydrogens is 314 g/mol. The Morgan fingerprint density at radius 3 is 2.62 bits per heavy atom. The van der Waals surface area contributed by atoms with Crippen LogP contribution in [-0.4, -0.2) is 13.1 Å². The lowest BCUT2D eigenvalue weighted by atomic mass is 9.81. The van der Waals surface area contributed by atoms with E-state index in [1.165, 1.54) is 44.2 Å². The molecule has 0 bridgehead atoms. The smallest absolute Gasteiger partial charge is 0.0159 e. The summed E-state index contributed by atoms with van der Waals surface area (Å²) in [5.74, 6) is 0. The molecule has 0 aromatic heterocycles. The van der Waals surface area contributed by atoms with E-state index in [-0.39, 0.29) is 5.41 Å². The molecule has 1 N–H and O–H groups in total. The van der Waals surface area contributed by atoms with Gasteiger partial charge in [0.2, 0.25) is 0 Å². The highest BCUT2D eigenvalue weighted by molar-refractivity contribution is 6.02. The number of hydrogen-bond donors (Lipinski definition) is 1. The number of fused-ring (bicyclic) bond motifs is 5. The Kier molecular flexibility index (Phi) is 4.20. The maximum absolute atomic E-state index is 3.38. The van der Waals surface area contributed by atoms with Gasteiger partial charge in [0.1, 0.15) is 0 Å². The van der Waals surface area contributed by atoms with Crippen molar-refractivity contribution >= 4 is 16.3 Å². The van der Waals surface area contributed by atoms with Crippen LogP contribution >= 0.6 is 0 Å². The number of allylic oxidation sites excluding steroid dienone is 1. The molecule has 0 saturated carbocycles. The third-order valence-corrected chi connectivity index (χ3v) is 5.82. The monoisotopic (exact) mass is 341 g/mol. The molecule has 4 rings (SSSR count). The van der Waals surface area contributed by atoms with Crippen LogP contribution < -0.4 is 5.32 Å². The van der Waals surface area contributed by atoms with Gasteiger partial charge in [0, 0.05) is 12.0 Å². The van der Waals surface area contributed by atoms with Gasteiger partial charge in [-0.25, -0.2) is 0 Å². The van der Waals surface area contributed by atoms with Crippen LogP contribution in [0.1, 0.15) is 44.4 Å². The number of rotatable bonds is 4. The van der Waals surface area contributed by atoms with E-state index >= 15 is 0 Å². The van der Waals surface area contributed by atoms with Crippen LogP contribution in [0.3, 0.4) is 0 Å². The van der Waals surface area contributed by atoms with E-state index in [4.69, 9.17) is 0 Å². The molecule has 0 unspecified atom stereocenters. The largest absolute Gasteiger partial charge is 0.314 e. The third kappa shape index (κ3) is 2.59. The molecule has 3 aromatic rings. The maximum Gasteiger partial charge on any atom is 0.0159 e. The van der Waals surface area contributed by atoms with Crippen LogP contribution in [0.2, 0.25) is 0 Å². The van der Waals surface area contributed by atoms with Gasteiger partial charge in [0.15, 0.2) is 0 Å². The topological polar surface area (TPSA) is 12.0 Å². The summed E-state index contributed by atoms with van der Waals surface area (Å²) < 4.78 is 0. The van der Waals surface area contributed by atoms with Crippen molar-refractivity contribution in [3.8, 4) is 11.1 Å². The van der Waals surface area contributed by atoms with Gasteiger partial charge in [-0.05, 0) is 63.7 Å². The zero-order valence-corrected chi connectivity index (χ0v) is 16.2. The second-order valence-corrected chi connectivity index (χ2v) is 7.79. The molecule has 1 aliphatic carbocycles. The van der Waals surface area contributed by atoms with Crippen molar-refractivity contribution in [3.63, 3.8) is 0 Å².